The fraction of sp³-hybridized carbons (Fsp3) is 0.263. The maximum atomic E-state index is 12.8. The molecule has 4 rings (SSSR count). The number of aromatic nitrogens is 2. The number of para-hydroxylation sites is 1. The van der Waals surface area contributed by atoms with Crippen LogP contribution >= 0.6 is 11.6 Å². The predicted molar refractivity (Wildman–Crippen MR) is 111 cm³/mol. The first-order valence-electron chi connectivity index (χ1n) is 8.91. The quantitative estimate of drug-likeness (QED) is 0.657. The number of nitrogens with one attached hydrogen (secondary N) is 1. The van der Waals surface area contributed by atoms with Crippen LogP contribution in [-0.2, 0) is 10.0 Å². The molecule has 7 nitrogen and oxygen atoms in total. The lowest BCUT2D eigenvalue weighted by Crippen LogP contribution is -2.46. The topological polar surface area (TPSA) is 78.4 Å². The number of likely N-dealkylation sites (N-methyl/N-ethyl adjacent to an activating group) is 1. The molecular weight excluding hydrogens is 398 g/mol. The van der Waals surface area contributed by atoms with Crippen LogP contribution in [0.3, 0.4) is 0 Å². The van der Waals surface area contributed by atoms with E-state index in [9.17, 15) is 8.42 Å². The fourth-order valence-corrected chi connectivity index (χ4v) is 4.77. The Balaban J connectivity index is 1.58. The number of piperazine rings is 1. The molecule has 0 atom stereocenters. The summed E-state index contributed by atoms with van der Waals surface area (Å²) < 4.78 is 27.2. The third-order valence-corrected chi connectivity index (χ3v) is 6.87. The molecule has 3 aromatic rings. The number of hydrogen-bond donors (Lipinski definition) is 1. The molecule has 1 aliphatic rings. The number of fused-ring (bicyclic) bond motifs is 1. The molecule has 1 fully saturated rings. The third-order valence-electron chi connectivity index (χ3n) is 4.79. The molecule has 0 bridgehead atoms. The second-order valence-electron chi connectivity index (χ2n) is 6.72. The molecule has 1 N–H and O–H groups in total. The van der Waals surface area contributed by atoms with Crippen molar-refractivity contribution >= 4 is 44.0 Å². The Morgan fingerprint density at radius 3 is 2.36 bits per heavy atom. The molecule has 2 aromatic carbocycles. The Hall–Kier alpha value is -2.26. The predicted octanol–water partition coefficient (Wildman–Crippen LogP) is 2.96. The molecule has 28 heavy (non-hydrogen) atoms. The summed E-state index contributed by atoms with van der Waals surface area (Å²) in [4.78, 5) is 10.9. The second-order valence-corrected chi connectivity index (χ2v) is 8.99. The van der Waals surface area contributed by atoms with Crippen molar-refractivity contribution in [1.82, 2.24) is 19.2 Å². The number of benzene rings is 2. The van der Waals surface area contributed by atoms with E-state index in [0.717, 1.165) is 29.7 Å². The average molecular weight is 418 g/mol. The highest BCUT2D eigenvalue weighted by Gasteiger charge is 2.27. The van der Waals surface area contributed by atoms with Crippen molar-refractivity contribution in [2.24, 2.45) is 0 Å². The summed E-state index contributed by atoms with van der Waals surface area (Å²) in [5.41, 5.74) is 1.46. The first-order chi connectivity index (χ1) is 13.4. The third kappa shape index (κ3) is 3.81. The Morgan fingerprint density at radius 1 is 0.964 bits per heavy atom. The van der Waals surface area contributed by atoms with Crippen LogP contribution in [0.1, 0.15) is 0 Å². The zero-order chi connectivity index (χ0) is 19.7. The van der Waals surface area contributed by atoms with Crippen molar-refractivity contribution in [3.05, 3.63) is 53.8 Å². The first-order valence-corrected chi connectivity index (χ1v) is 10.7. The van der Waals surface area contributed by atoms with Crippen LogP contribution in [0.15, 0.2) is 53.4 Å². The van der Waals surface area contributed by atoms with Gasteiger partial charge in [0, 0.05) is 37.3 Å². The monoisotopic (exact) mass is 417 g/mol. The van der Waals surface area contributed by atoms with Gasteiger partial charge in [0.05, 0.1) is 10.4 Å². The molecule has 1 aromatic heterocycles. The summed E-state index contributed by atoms with van der Waals surface area (Å²) in [6, 6.07) is 14.2. The standard InChI is InChI=1S/C19H20ClN5O2S/c1-24-10-12-25(13-11-24)28(26,27)15-8-6-14(7-9-15)21-18-16-4-2-3-5-17(16)22-19(20)23-18/h2-9H,10-13H2,1H3,(H,21,22,23). The highest BCUT2D eigenvalue weighted by atomic mass is 35.5. The highest BCUT2D eigenvalue weighted by Crippen LogP contribution is 2.26. The highest BCUT2D eigenvalue weighted by molar-refractivity contribution is 7.89. The Labute approximate surface area is 169 Å². The molecule has 0 unspecified atom stereocenters. The summed E-state index contributed by atoms with van der Waals surface area (Å²) in [5.74, 6) is 0.574. The van der Waals surface area contributed by atoms with Crippen molar-refractivity contribution in [3.63, 3.8) is 0 Å². The van der Waals surface area contributed by atoms with Crippen molar-refractivity contribution in [3.8, 4) is 0 Å². The van der Waals surface area contributed by atoms with E-state index in [4.69, 9.17) is 11.6 Å². The van der Waals surface area contributed by atoms with Gasteiger partial charge in [-0.1, -0.05) is 12.1 Å². The van der Waals surface area contributed by atoms with Gasteiger partial charge in [0.1, 0.15) is 5.82 Å². The van der Waals surface area contributed by atoms with E-state index in [2.05, 4.69) is 20.2 Å². The number of anilines is 2. The van der Waals surface area contributed by atoms with Crippen molar-refractivity contribution in [1.29, 1.82) is 0 Å². The number of nitrogens with zero attached hydrogens (tertiary/aromatic N) is 4. The summed E-state index contributed by atoms with van der Waals surface area (Å²) in [7, 11) is -1.49. The average Bonchev–Trinajstić information content (AvgIpc) is 2.68. The lowest BCUT2D eigenvalue weighted by molar-refractivity contribution is 0.222. The number of sulfonamides is 1. The van der Waals surface area contributed by atoms with Crippen LogP contribution in [0, 0.1) is 0 Å². The molecule has 1 saturated heterocycles. The fourth-order valence-electron chi connectivity index (χ4n) is 3.17. The molecule has 0 aliphatic carbocycles. The minimum Gasteiger partial charge on any atom is -0.340 e. The van der Waals surface area contributed by atoms with Crippen LogP contribution in [0.5, 0.6) is 0 Å². The Morgan fingerprint density at radius 2 is 1.64 bits per heavy atom. The molecule has 2 heterocycles. The number of rotatable bonds is 4. The lowest BCUT2D eigenvalue weighted by atomic mass is 10.2. The van der Waals surface area contributed by atoms with Gasteiger partial charge < -0.3 is 10.2 Å². The van der Waals surface area contributed by atoms with E-state index in [-0.39, 0.29) is 10.2 Å². The Bertz CT molecular complexity index is 1100. The van der Waals surface area contributed by atoms with Gasteiger partial charge in [-0.25, -0.2) is 13.4 Å². The molecule has 9 heteroatoms. The maximum Gasteiger partial charge on any atom is 0.243 e. The van der Waals surface area contributed by atoms with Crippen molar-refractivity contribution < 1.29 is 8.42 Å². The molecule has 146 valence electrons. The van der Waals surface area contributed by atoms with Crippen LogP contribution < -0.4 is 5.32 Å². The van der Waals surface area contributed by atoms with Gasteiger partial charge >= 0.3 is 0 Å². The molecule has 0 radical (unpaired) electrons. The first kappa shape index (κ1) is 19.1. The van der Waals surface area contributed by atoms with Gasteiger partial charge in [-0.15, -0.1) is 0 Å². The van der Waals surface area contributed by atoms with Crippen LogP contribution in [0.25, 0.3) is 10.9 Å². The minimum absolute atomic E-state index is 0.149. The van der Waals surface area contributed by atoms with E-state index < -0.39 is 10.0 Å². The van der Waals surface area contributed by atoms with Crippen LogP contribution in [0.4, 0.5) is 11.5 Å². The van der Waals surface area contributed by atoms with Crippen molar-refractivity contribution in [2.75, 3.05) is 38.5 Å². The number of hydrogen-bond acceptors (Lipinski definition) is 6. The van der Waals surface area contributed by atoms with Gasteiger partial charge in [0.15, 0.2) is 0 Å². The lowest BCUT2D eigenvalue weighted by Gasteiger charge is -2.31. The second kappa shape index (κ2) is 7.63. The summed E-state index contributed by atoms with van der Waals surface area (Å²) >= 11 is 6.02. The van der Waals surface area contributed by atoms with E-state index in [1.807, 2.05) is 31.3 Å². The van der Waals surface area contributed by atoms with Gasteiger partial charge in [-0.2, -0.15) is 9.29 Å². The zero-order valence-electron chi connectivity index (χ0n) is 15.3. The van der Waals surface area contributed by atoms with E-state index in [1.54, 1.807) is 24.3 Å². The summed E-state index contributed by atoms with van der Waals surface area (Å²) in [6.07, 6.45) is 0. The van der Waals surface area contributed by atoms with Gasteiger partial charge in [0.25, 0.3) is 0 Å². The summed E-state index contributed by atoms with van der Waals surface area (Å²) in [5, 5.41) is 4.18. The number of halogens is 1. The van der Waals surface area contributed by atoms with Gasteiger partial charge in [0.2, 0.25) is 15.3 Å². The molecule has 0 spiro atoms. The summed E-state index contributed by atoms with van der Waals surface area (Å²) in [6.45, 7) is 2.48. The SMILES string of the molecule is CN1CCN(S(=O)(=O)c2ccc(Nc3nc(Cl)nc4ccccc34)cc2)CC1. The molecule has 1 aliphatic heterocycles. The minimum atomic E-state index is -3.48. The molecular formula is C19H20ClN5O2S. The Kier molecular flexibility index (Phi) is 5.20. The van der Waals surface area contributed by atoms with Crippen LogP contribution in [-0.4, -0.2) is 60.8 Å². The van der Waals surface area contributed by atoms with Gasteiger partial charge in [-0.05, 0) is 55.0 Å². The van der Waals surface area contributed by atoms with E-state index >= 15 is 0 Å². The maximum absolute atomic E-state index is 12.8. The molecule has 0 saturated carbocycles. The van der Waals surface area contributed by atoms with Gasteiger partial charge in [-0.3, -0.25) is 0 Å². The molecule has 0 amide bonds. The van der Waals surface area contributed by atoms with Crippen LogP contribution in [0.2, 0.25) is 5.28 Å². The normalized spacial score (nSPS) is 16.4. The van der Waals surface area contributed by atoms with Crippen molar-refractivity contribution in [2.45, 2.75) is 4.90 Å². The van der Waals surface area contributed by atoms with E-state index in [1.165, 1.54) is 4.31 Å². The largest absolute Gasteiger partial charge is 0.340 e. The zero-order valence-corrected chi connectivity index (χ0v) is 16.9. The van der Waals surface area contributed by atoms with E-state index in [0.29, 0.717) is 18.9 Å². The smallest absolute Gasteiger partial charge is 0.243 e.